The summed E-state index contributed by atoms with van der Waals surface area (Å²) in [6, 6.07) is 0.751. The SMILES string of the molecule is CN(CCOC1(C)CNC1)CC1CCCN1C. The molecule has 2 fully saturated rings. The summed E-state index contributed by atoms with van der Waals surface area (Å²) in [6.07, 6.45) is 2.71. The van der Waals surface area contributed by atoms with Crippen LogP contribution in [0.3, 0.4) is 0 Å². The number of hydrogen-bond donors (Lipinski definition) is 1. The van der Waals surface area contributed by atoms with Crippen molar-refractivity contribution < 1.29 is 4.74 Å². The molecule has 0 aromatic heterocycles. The first-order valence-electron chi connectivity index (χ1n) is 6.82. The summed E-state index contributed by atoms with van der Waals surface area (Å²) in [6.45, 7) is 8.52. The van der Waals surface area contributed by atoms with E-state index in [-0.39, 0.29) is 5.60 Å². The van der Waals surface area contributed by atoms with Gasteiger partial charge in [-0.2, -0.15) is 0 Å². The van der Waals surface area contributed by atoms with Gasteiger partial charge in [0.2, 0.25) is 0 Å². The molecule has 1 unspecified atom stereocenters. The van der Waals surface area contributed by atoms with Crippen molar-refractivity contribution in [2.45, 2.75) is 31.4 Å². The highest BCUT2D eigenvalue weighted by molar-refractivity contribution is 4.90. The molecule has 0 amide bonds. The lowest BCUT2D eigenvalue weighted by Gasteiger charge is -2.39. The van der Waals surface area contributed by atoms with Crippen LogP contribution in [-0.4, -0.2) is 74.9 Å². The molecule has 0 saturated carbocycles. The molecule has 4 nitrogen and oxygen atoms in total. The van der Waals surface area contributed by atoms with Crippen molar-refractivity contribution in [3.8, 4) is 0 Å². The molecule has 0 aliphatic carbocycles. The predicted molar refractivity (Wildman–Crippen MR) is 70.4 cm³/mol. The van der Waals surface area contributed by atoms with Crippen LogP contribution in [0, 0.1) is 0 Å². The normalized spacial score (nSPS) is 28.6. The van der Waals surface area contributed by atoms with Crippen molar-refractivity contribution in [2.24, 2.45) is 0 Å². The minimum absolute atomic E-state index is 0.102. The van der Waals surface area contributed by atoms with Gasteiger partial charge in [0, 0.05) is 32.2 Å². The zero-order valence-corrected chi connectivity index (χ0v) is 11.5. The van der Waals surface area contributed by atoms with Crippen LogP contribution < -0.4 is 5.32 Å². The summed E-state index contributed by atoms with van der Waals surface area (Å²) in [7, 11) is 4.44. The molecule has 100 valence electrons. The Labute approximate surface area is 105 Å². The Kier molecular flexibility index (Phi) is 4.42. The number of nitrogens with zero attached hydrogens (tertiary/aromatic N) is 2. The van der Waals surface area contributed by atoms with Crippen LogP contribution in [0.4, 0.5) is 0 Å². The standard InChI is InChI=1S/C13H27N3O/c1-13(10-14-11-13)17-8-7-15(2)9-12-5-4-6-16(12)3/h12,14H,4-11H2,1-3H3. The first-order chi connectivity index (χ1) is 8.09. The number of ether oxygens (including phenoxy) is 1. The van der Waals surface area contributed by atoms with Gasteiger partial charge in [0.1, 0.15) is 0 Å². The lowest BCUT2D eigenvalue weighted by Crippen LogP contribution is -2.59. The molecule has 1 atom stereocenters. The molecular weight excluding hydrogens is 214 g/mol. The summed E-state index contributed by atoms with van der Waals surface area (Å²) in [5.74, 6) is 0. The molecule has 2 aliphatic heterocycles. The van der Waals surface area contributed by atoms with Crippen molar-refractivity contribution in [1.82, 2.24) is 15.1 Å². The summed E-state index contributed by atoms with van der Waals surface area (Å²) in [4.78, 5) is 4.89. The van der Waals surface area contributed by atoms with E-state index >= 15 is 0 Å². The fourth-order valence-corrected chi connectivity index (χ4v) is 2.69. The van der Waals surface area contributed by atoms with Crippen LogP contribution in [0.15, 0.2) is 0 Å². The number of likely N-dealkylation sites (tertiary alicyclic amines) is 1. The number of nitrogens with one attached hydrogen (secondary N) is 1. The van der Waals surface area contributed by atoms with Gasteiger partial charge in [0.05, 0.1) is 12.2 Å². The van der Waals surface area contributed by atoms with Crippen molar-refractivity contribution in [3.05, 3.63) is 0 Å². The smallest absolute Gasteiger partial charge is 0.0902 e. The van der Waals surface area contributed by atoms with Gasteiger partial charge in [0.15, 0.2) is 0 Å². The molecular formula is C13H27N3O. The molecule has 0 aromatic rings. The maximum atomic E-state index is 5.91. The van der Waals surface area contributed by atoms with Crippen LogP contribution in [-0.2, 0) is 4.74 Å². The van der Waals surface area contributed by atoms with E-state index in [0.717, 1.165) is 32.3 Å². The summed E-state index contributed by atoms with van der Waals surface area (Å²) >= 11 is 0. The van der Waals surface area contributed by atoms with E-state index in [2.05, 4.69) is 36.1 Å². The molecule has 0 radical (unpaired) electrons. The van der Waals surface area contributed by atoms with Gasteiger partial charge < -0.3 is 19.9 Å². The predicted octanol–water partition coefficient (Wildman–Crippen LogP) is 0.391. The van der Waals surface area contributed by atoms with Gasteiger partial charge in [-0.3, -0.25) is 0 Å². The first kappa shape index (κ1) is 13.3. The van der Waals surface area contributed by atoms with Crippen LogP contribution in [0.1, 0.15) is 19.8 Å². The fraction of sp³-hybridized carbons (Fsp3) is 1.00. The van der Waals surface area contributed by atoms with Crippen molar-refractivity contribution in [1.29, 1.82) is 0 Å². The van der Waals surface area contributed by atoms with E-state index in [0.29, 0.717) is 0 Å². The van der Waals surface area contributed by atoms with Crippen LogP contribution in [0.5, 0.6) is 0 Å². The maximum absolute atomic E-state index is 5.91. The zero-order valence-electron chi connectivity index (χ0n) is 11.5. The molecule has 2 rings (SSSR count). The van der Waals surface area contributed by atoms with Crippen molar-refractivity contribution in [2.75, 3.05) is 53.4 Å². The minimum Gasteiger partial charge on any atom is -0.371 e. The summed E-state index contributed by atoms with van der Waals surface area (Å²) in [5, 5.41) is 3.26. The molecule has 2 aliphatic rings. The Morgan fingerprint density at radius 1 is 1.47 bits per heavy atom. The third-order valence-corrected chi connectivity index (χ3v) is 4.12. The number of likely N-dealkylation sites (N-methyl/N-ethyl adjacent to an activating group) is 2. The topological polar surface area (TPSA) is 27.7 Å². The average molecular weight is 241 g/mol. The monoisotopic (exact) mass is 241 g/mol. The largest absolute Gasteiger partial charge is 0.371 e. The molecule has 2 saturated heterocycles. The first-order valence-corrected chi connectivity index (χ1v) is 6.82. The van der Waals surface area contributed by atoms with E-state index in [1.165, 1.54) is 25.9 Å². The second-order valence-electron chi connectivity index (χ2n) is 5.94. The Morgan fingerprint density at radius 3 is 2.76 bits per heavy atom. The van der Waals surface area contributed by atoms with Gasteiger partial charge in [-0.15, -0.1) is 0 Å². The van der Waals surface area contributed by atoms with Gasteiger partial charge in [-0.25, -0.2) is 0 Å². The summed E-state index contributed by atoms with van der Waals surface area (Å²) < 4.78 is 5.91. The van der Waals surface area contributed by atoms with Crippen molar-refractivity contribution in [3.63, 3.8) is 0 Å². The summed E-state index contributed by atoms with van der Waals surface area (Å²) in [5.41, 5.74) is 0.102. The third-order valence-electron chi connectivity index (χ3n) is 4.12. The number of rotatable bonds is 6. The third kappa shape index (κ3) is 3.65. The molecule has 1 N–H and O–H groups in total. The van der Waals surface area contributed by atoms with Gasteiger partial charge in [-0.05, 0) is 40.4 Å². The van der Waals surface area contributed by atoms with Gasteiger partial charge >= 0.3 is 0 Å². The van der Waals surface area contributed by atoms with E-state index in [9.17, 15) is 0 Å². The molecule has 4 heteroatoms. The molecule has 17 heavy (non-hydrogen) atoms. The second-order valence-corrected chi connectivity index (χ2v) is 5.94. The maximum Gasteiger partial charge on any atom is 0.0902 e. The van der Waals surface area contributed by atoms with E-state index in [1.54, 1.807) is 0 Å². The lowest BCUT2D eigenvalue weighted by molar-refractivity contribution is -0.0714. The van der Waals surface area contributed by atoms with E-state index in [4.69, 9.17) is 4.74 Å². The van der Waals surface area contributed by atoms with Gasteiger partial charge in [-0.1, -0.05) is 0 Å². The van der Waals surface area contributed by atoms with Crippen LogP contribution >= 0.6 is 0 Å². The fourth-order valence-electron chi connectivity index (χ4n) is 2.69. The van der Waals surface area contributed by atoms with Gasteiger partial charge in [0.25, 0.3) is 0 Å². The second kappa shape index (κ2) is 5.65. The minimum atomic E-state index is 0.102. The highest BCUT2D eigenvalue weighted by atomic mass is 16.5. The average Bonchev–Trinajstić information content (AvgIpc) is 2.62. The Morgan fingerprint density at radius 2 is 2.24 bits per heavy atom. The Hall–Kier alpha value is -0.160. The number of hydrogen-bond acceptors (Lipinski definition) is 4. The van der Waals surface area contributed by atoms with Crippen molar-refractivity contribution >= 4 is 0 Å². The Balaban J connectivity index is 1.58. The lowest BCUT2D eigenvalue weighted by atomic mass is 10.0. The molecule has 0 aromatic carbocycles. The molecule has 0 bridgehead atoms. The Bertz CT molecular complexity index is 243. The van der Waals surface area contributed by atoms with Crippen LogP contribution in [0.2, 0.25) is 0 Å². The quantitative estimate of drug-likeness (QED) is 0.728. The highest BCUT2D eigenvalue weighted by Crippen LogP contribution is 2.16. The highest BCUT2D eigenvalue weighted by Gasteiger charge is 2.32. The van der Waals surface area contributed by atoms with E-state index in [1.807, 2.05) is 0 Å². The van der Waals surface area contributed by atoms with Crippen LogP contribution in [0.25, 0.3) is 0 Å². The zero-order chi connectivity index (χ0) is 12.3. The molecule has 0 spiro atoms. The molecule has 2 heterocycles. The van der Waals surface area contributed by atoms with E-state index < -0.39 is 0 Å².